The second kappa shape index (κ2) is 15.6. The Kier molecular flexibility index (Phi) is 12.5. The van der Waals surface area contributed by atoms with Crippen molar-refractivity contribution < 1.29 is 39.6 Å². The van der Waals surface area contributed by atoms with Crippen molar-refractivity contribution in [3.8, 4) is 5.69 Å². The molecule has 0 aliphatic heterocycles. The maximum atomic E-state index is 13.3. The number of carbonyl (C=O) groups excluding carboxylic acids is 2. The number of rotatable bonds is 9. The molecule has 0 aliphatic rings. The van der Waals surface area contributed by atoms with Crippen molar-refractivity contribution in [2.45, 2.75) is 47.7 Å². The Bertz CT molecular complexity index is 2130. The smallest absolute Gasteiger partial charge is 0.348 e. The van der Waals surface area contributed by atoms with E-state index in [-0.39, 0.29) is 28.4 Å². The van der Waals surface area contributed by atoms with Crippen LogP contribution in [0.25, 0.3) is 5.69 Å². The summed E-state index contributed by atoms with van der Waals surface area (Å²) in [6.45, 7) is 3.32. The lowest BCUT2D eigenvalue weighted by atomic mass is 10.0. The molecule has 0 fully saturated rings. The number of nitrogens with two attached hydrogens (primary N) is 1. The van der Waals surface area contributed by atoms with E-state index in [1.165, 1.54) is 43.5 Å². The molecule has 3 N–H and O–H groups in total. The van der Waals surface area contributed by atoms with Crippen molar-refractivity contribution in [3.63, 3.8) is 0 Å². The zero-order valence-electron chi connectivity index (χ0n) is 26.7. The van der Waals surface area contributed by atoms with Gasteiger partial charge in [-0.05, 0) is 73.5 Å². The van der Waals surface area contributed by atoms with Crippen molar-refractivity contribution in [2.75, 3.05) is 12.5 Å². The molecule has 1 heterocycles. The molecule has 1 atom stereocenters. The molecule has 0 radical (unpaired) electrons. The van der Waals surface area contributed by atoms with Crippen molar-refractivity contribution in [1.29, 1.82) is 0 Å². The van der Waals surface area contributed by atoms with Crippen LogP contribution in [0.1, 0.15) is 50.0 Å². The summed E-state index contributed by atoms with van der Waals surface area (Å²) in [6.07, 6.45) is -2.42. The average molecular weight is 785 g/mol. The average Bonchev–Trinajstić information content (AvgIpc) is 3.03. The number of carbonyl (C=O) groups is 2. The third-order valence-corrected chi connectivity index (χ3v) is 9.81. The maximum Gasteiger partial charge on any atom is 0.416 e. The summed E-state index contributed by atoms with van der Waals surface area (Å²) in [6, 6.07) is 17.5. The van der Waals surface area contributed by atoms with Crippen LogP contribution in [0, 0.1) is 6.92 Å². The molecule has 0 saturated carbocycles. The van der Waals surface area contributed by atoms with Crippen LogP contribution in [0.3, 0.4) is 0 Å². The number of sulfone groups is 2. The predicted octanol–water partition coefficient (Wildman–Crippen LogP) is 5.01. The van der Waals surface area contributed by atoms with Gasteiger partial charge in [0, 0.05) is 42.5 Å². The molecule has 262 valence electrons. The number of aromatic nitrogens is 1. The Morgan fingerprint density at radius 2 is 1.37 bits per heavy atom. The van der Waals surface area contributed by atoms with E-state index in [0.29, 0.717) is 17.0 Å². The number of Topliss-reactive ketones (excluding diaryl/α,β-unsaturated/α-hetero) is 1. The van der Waals surface area contributed by atoms with Gasteiger partial charge in [-0.15, -0.1) is 0 Å². The molecule has 10 nitrogen and oxygen atoms in total. The van der Waals surface area contributed by atoms with Crippen molar-refractivity contribution in [3.05, 3.63) is 123 Å². The number of amides is 1. The molecule has 16 heteroatoms. The Morgan fingerprint density at radius 1 is 0.857 bits per heavy atom. The van der Waals surface area contributed by atoms with Gasteiger partial charge < -0.3 is 11.1 Å². The molecular formula is C33H33BrF3N3O7S2. The number of halogens is 4. The summed E-state index contributed by atoms with van der Waals surface area (Å²) in [5, 5.41) is 2.54. The predicted molar refractivity (Wildman–Crippen MR) is 183 cm³/mol. The molecule has 1 unspecified atom stereocenters. The standard InChI is InChI=1S/C25H22BrF3N2O5S.C8H11NO2S/c1-14(26)22(32)20-12-21(23(33)30-13-16-7-9-19(10-8-16)37(3,35)36)24(34)31(15(20)2)18-6-4-5-17(11-18)25(27,28)29;1-12(10,11)8-4-2-7(6-9)3-5-8/h4-12,14H,13H2,1-3H3,(H,30,33);2-5H,6,9H2,1H3. The highest BCUT2D eigenvalue weighted by atomic mass is 79.9. The Labute approximate surface area is 290 Å². The lowest BCUT2D eigenvalue weighted by Crippen LogP contribution is -2.35. The van der Waals surface area contributed by atoms with Crippen LogP contribution in [-0.4, -0.2) is 50.4 Å². The molecule has 4 aromatic rings. The topological polar surface area (TPSA) is 162 Å². The summed E-state index contributed by atoms with van der Waals surface area (Å²) in [7, 11) is -6.47. The van der Waals surface area contributed by atoms with Crippen molar-refractivity contribution in [1.82, 2.24) is 9.88 Å². The number of benzene rings is 3. The number of nitrogens with one attached hydrogen (secondary N) is 1. The van der Waals surface area contributed by atoms with Crippen LogP contribution in [-0.2, 0) is 38.9 Å². The van der Waals surface area contributed by atoms with E-state index in [1.54, 1.807) is 31.2 Å². The van der Waals surface area contributed by atoms with E-state index in [0.717, 1.165) is 40.7 Å². The van der Waals surface area contributed by atoms with Crippen LogP contribution < -0.4 is 16.6 Å². The quantitative estimate of drug-likeness (QED) is 0.177. The lowest BCUT2D eigenvalue weighted by Gasteiger charge is -2.18. The largest absolute Gasteiger partial charge is 0.416 e. The van der Waals surface area contributed by atoms with Gasteiger partial charge in [0.1, 0.15) is 5.56 Å². The normalized spacial score (nSPS) is 12.4. The van der Waals surface area contributed by atoms with Gasteiger partial charge in [-0.3, -0.25) is 19.0 Å². The van der Waals surface area contributed by atoms with E-state index >= 15 is 0 Å². The van der Waals surface area contributed by atoms with Gasteiger partial charge >= 0.3 is 6.18 Å². The molecule has 4 rings (SSSR count). The number of pyridine rings is 1. The fourth-order valence-electron chi connectivity index (χ4n) is 4.47. The fraction of sp³-hybridized carbons (Fsp3) is 0.242. The van der Waals surface area contributed by atoms with Gasteiger partial charge in [-0.25, -0.2) is 16.8 Å². The van der Waals surface area contributed by atoms with Gasteiger partial charge in [-0.1, -0.05) is 46.3 Å². The first kappa shape index (κ1) is 39.3. The lowest BCUT2D eigenvalue weighted by molar-refractivity contribution is -0.137. The minimum absolute atomic E-state index is 0.0101. The Balaban J connectivity index is 0.000000456. The molecule has 0 saturated heterocycles. The number of nitrogens with zero attached hydrogens (tertiary/aromatic N) is 1. The van der Waals surface area contributed by atoms with Gasteiger partial charge in [0.05, 0.1) is 20.2 Å². The molecule has 0 bridgehead atoms. The minimum atomic E-state index is -4.67. The SMILES string of the molecule is CS(=O)(=O)c1ccc(CN)cc1.Cc1c(C(=O)C(C)Br)cc(C(=O)NCc2ccc(S(C)(=O)=O)cc2)c(=O)n1-c1cccc(C(F)(F)F)c1. The molecule has 1 amide bonds. The third kappa shape index (κ3) is 10.2. The number of hydrogen-bond donors (Lipinski definition) is 2. The van der Waals surface area contributed by atoms with Gasteiger partial charge in [0.15, 0.2) is 25.5 Å². The number of hydrogen-bond acceptors (Lipinski definition) is 8. The maximum absolute atomic E-state index is 13.3. The number of ketones is 1. The van der Waals surface area contributed by atoms with Crippen LogP contribution in [0.4, 0.5) is 13.2 Å². The van der Waals surface area contributed by atoms with Crippen molar-refractivity contribution >= 4 is 47.3 Å². The third-order valence-electron chi connectivity index (χ3n) is 7.14. The summed E-state index contributed by atoms with van der Waals surface area (Å²) in [5.41, 5.74) is 4.41. The zero-order valence-corrected chi connectivity index (χ0v) is 29.9. The van der Waals surface area contributed by atoms with E-state index in [1.807, 2.05) is 0 Å². The van der Waals surface area contributed by atoms with Crippen LogP contribution in [0.2, 0.25) is 0 Å². The molecule has 1 aromatic heterocycles. The van der Waals surface area contributed by atoms with Crippen molar-refractivity contribution in [2.24, 2.45) is 5.73 Å². The molecular weight excluding hydrogens is 751 g/mol. The monoisotopic (exact) mass is 783 g/mol. The van der Waals surface area contributed by atoms with Crippen LogP contribution in [0.15, 0.2) is 93.4 Å². The first-order valence-electron chi connectivity index (χ1n) is 14.3. The Morgan fingerprint density at radius 3 is 1.82 bits per heavy atom. The van der Waals surface area contributed by atoms with Crippen LogP contribution >= 0.6 is 15.9 Å². The highest BCUT2D eigenvalue weighted by Crippen LogP contribution is 2.30. The van der Waals surface area contributed by atoms with Gasteiger partial charge in [0.2, 0.25) is 0 Å². The second-order valence-corrected chi connectivity index (χ2v) is 16.4. The van der Waals surface area contributed by atoms with Gasteiger partial charge in [-0.2, -0.15) is 13.2 Å². The number of alkyl halides is 4. The summed E-state index contributed by atoms with van der Waals surface area (Å²) < 4.78 is 86.1. The van der Waals surface area contributed by atoms with E-state index < -0.39 is 59.1 Å². The second-order valence-electron chi connectivity index (χ2n) is 10.9. The van der Waals surface area contributed by atoms with Crippen LogP contribution in [0.5, 0.6) is 0 Å². The van der Waals surface area contributed by atoms with E-state index in [9.17, 15) is 44.4 Å². The molecule has 3 aromatic carbocycles. The molecule has 0 spiro atoms. The first-order valence-corrected chi connectivity index (χ1v) is 19.0. The highest BCUT2D eigenvalue weighted by Gasteiger charge is 2.31. The van der Waals surface area contributed by atoms with E-state index in [2.05, 4.69) is 21.2 Å². The molecule has 0 aliphatic carbocycles. The Hall–Kier alpha value is -4.12. The van der Waals surface area contributed by atoms with E-state index in [4.69, 9.17) is 5.73 Å². The highest BCUT2D eigenvalue weighted by molar-refractivity contribution is 9.10. The summed E-state index contributed by atoms with van der Waals surface area (Å²) in [5.74, 6) is -1.32. The van der Waals surface area contributed by atoms with Gasteiger partial charge in [0.25, 0.3) is 11.5 Å². The fourth-order valence-corrected chi connectivity index (χ4v) is 5.97. The zero-order chi connectivity index (χ0) is 36.9. The molecule has 49 heavy (non-hydrogen) atoms. The first-order chi connectivity index (χ1) is 22.6. The summed E-state index contributed by atoms with van der Waals surface area (Å²) in [4.78, 5) is 38.9. The summed E-state index contributed by atoms with van der Waals surface area (Å²) >= 11 is 3.16. The minimum Gasteiger partial charge on any atom is -0.348 e.